The maximum atomic E-state index is 13.3. The van der Waals surface area contributed by atoms with Gasteiger partial charge in [-0.1, -0.05) is 59.1 Å². The number of benzene rings is 2. The van der Waals surface area contributed by atoms with E-state index in [1.54, 1.807) is 29.1 Å². The molecule has 0 unspecified atom stereocenters. The first-order valence-corrected chi connectivity index (χ1v) is 11.9. The summed E-state index contributed by atoms with van der Waals surface area (Å²) in [5.41, 5.74) is 4.25. The summed E-state index contributed by atoms with van der Waals surface area (Å²) in [5, 5.41) is 17.9. The smallest absolute Gasteiger partial charge is 0.267 e. The molecule has 9 nitrogen and oxygen atoms in total. The van der Waals surface area contributed by atoms with Gasteiger partial charge in [0.05, 0.1) is 33.2 Å². The summed E-state index contributed by atoms with van der Waals surface area (Å²) in [6.07, 6.45) is 2.99. The van der Waals surface area contributed by atoms with Crippen LogP contribution in [0.25, 0.3) is 11.3 Å². The Labute approximate surface area is 217 Å². The quantitative estimate of drug-likeness (QED) is 0.178. The highest BCUT2D eigenvalue weighted by Crippen LogP contribution is 2.33. The minimum atomic E-state index is -0.323. The van der Waals surface area contributed by atoms with Crippen molar-refractivity contribution in [1.29, 1.82) is 0 Å². The normalized spacial score (nSPS) is 11.4. The molecule has 0 amide bonds. The summed E-state index contributed by atoms with van der Waals surface area (Å²) in [4.78, 5) is 18.0. The highest BCUT2D eigenvalue weighted by atomic mass is 35.5. The van der Waals surface area contributed by atoms with Crippen molar-refractivity contribution in [2.75, 3.05) is 5.43 Å². The van der Waals surface area contributed by atoms with Gasteiger partial charge in [0.25, 0.3) is 5.56 Å². The highest BCUT2D eigenvalue weighted by Gasteiger charge is 2.17. The van der Waals surface area contributed by atoms with E-state index in [9.17, 15) is 4.79 Å². The first kappa shape index (κ1) is 23.3. The largest absolute Gasteiger partial charge is 0.275 e. The molecular formula is C22H13Cl3N8OS. The van der Waals surface area contributed by atoms with Gasteiger partial charge in [-0.2, -0.15) is 9.78 Å². The molecule has 174 valence electrons. The predicted molar refractivity (Wildman–Crippen MR) is 137 cm³/mol. The number of nitrogens with one attached hydrogen (secondary N) is 1. The Kier molecular flexibility index (Phi) is 6.69. The third-order valence-corrected chi connectivity index (χ3v) is 6.50. The van der Waals surface area contributed by atoms with Crippen LogP contribution in [-0.4, -0.2) is 35.8 Å². The van der Waals surface area contributed by atoms with Crippen LogP contribution in [0.15, 0.2) is 86.9 Å². The van der Waals surface area contributed by atoms with Crippen LogP contribution < -0.4 is 11.0 Å². The number of aromatic nitrogens is 6. The van der Waals surface area contributed by atoms with Gasteiger partial charge >= 0.3 is 0 Å². The second kappa shape index (κ2) is 10.0. The number of para-hydroxylation sites is 1. The molecule has 0 bridgehead atoms. The molecule has 35 heavy (non-hydrogen) atoms. The lowest BCUT2D eigenvalue weighted by atomic mass is 10.3. The third-order valence-electron chi connectivity index (χ3n) is 4.74. The van der Waals surface area contributed by atoms with E-state index in [0.29, 0.717) is 26.5 Å². The Balaban J connectivity index is 1.56. The van der Waals surface area contributed by atoms with E-state index in [1.807, 2.05) is 30.3 Å². The van der Waals surface area contributed by atoms with Gasteiger partial charge in [0.1, 0.15) is 10.7 Å². The topological polar surface area (TPSA) is 102 Å². The van der Waals surface area contributed by atoms with Crippen molar-refractivity contribution < 1.29 is 0 Å². The number of tetrazole rings is 1. The predicted octanol–water partition coefficient (Wildman–Crippen LogP) is 5.23. The molecule has 0 saturated heterocycles. The zero-order valence-corrected chi connectivity index (χ0v) is 20.6. The van der Waals surface area contributed by atoms with Crippen LogP contribution in [-0.2, 0) is 0 Å². The monoisotopic (exact) mass is 542 g/mol. The Morgan fingerprint density at radius 2 is 1.74 bits per heavy atom. The summed E-state index contributed by atoms with van der Waals surface area (Å²) >= 11 is 19.5. The minimum absolute atomic E-state index is 0.218. The fourth-order valence-corrected chi connectivity index (χ4v) is 4.91. The number of hydrazone groups is 1. The Morgan fingerprint density at radius 1 is 1.00 bits per heavy atom. The summed E-state index contributed by atoms with van der Waals surface area (Å²) in [6, 6.07) is 17.7. The lowest BCUT2D eigenvalue weighted by molar-refractivity contribution is 0.755. The van der Waals surface area contributed by atoms with Crippen molar-refractivity contribution in [2.24, 2.45) is 5.10 Å². The number of fused-ring (bicyclic) bond motifs is 1. The fraction of sp³-hybridized carbons (Fsp3) is 0. The van der Waals surface area contributed by atoms with Crippen LogP contribution in [0, 0.1) is 0 Å². The Bertz CT molecular complexity index is 1600. The van der Waals surface area contributed by atoms with Crippen LogP contribution >= 0.6 is 46.6 Å². The van der Waals surface area contributed by atoms with Crippen molar-refractivity contribution in [3.05, 3.63) is 97.8 Å². The molecule has 0 aliphatic carbocycles. The SMILES string of the molecule is O=c1c(C=NNc2c(Cl)cc(Cl)cc2Cl)c(Sc2nnnn2-c2ccccc2)nc2ccccn12. The molecule has 1 N–H and O–H groups in total. The number of pyridine rings is 1. The molecular weight excluding hydrogens is 531 g/mol. The third kappa shape index (κ3) is 4.87. The number of halogens is 3. The van der Waals surface area contributed by atoms with E-state index in [2.05, 4.69) is 31.0 Å². The van der Waals surface area contributed by atoms with Gasteiger partial charge in [-0.25, -0.2) is 4.98 Å². The summed E-state index contributed by atoms with van der Waals surface area (Å²) in [7, 11) is 0. The number of hydrogen-bond acceptors (Lipinski definition) is 8. The van der Waals surface area contributed by atoms with E-state index in [0.717, 1.165) is 17.4 Å². The van der Waals surface area contributed by atoms with E-state index in [4.69, 9.17) is 34.8 Å². The minimum Gasteiger partial charge on any atom is -0.275 e. The second-order valence-corrected chi connectivity index (χ2v) is 9.20. The summed E-state index contributed by atoms with van der Waals surface area (Å²) < 4.78 is 2.99. The first-order valence-electron chi connectivity index (χ1n) is 9.98. The van der Waals surface area contributed by atoms with E-state index in [1.165, 1.54) is 22.7 Å². The van der Waals surface area contributed by atoms with Crippen LogP contribution in [0.4, 0.5) is 5.69 Å². The summed E-state index contributed by atoms with van der Waals surface area (Å²) in [5.74, 6) is 0. The van der Waals surface area contributed by atoms with Crippen molar-refractivity contribution >= 4 is 64.1 Å². The molecule has 5 aromatic rings. The number of rotatable bonds is 6. The molecule has 3 heterocycles. The van der Waals surface area contributed by atoms with Gasteiger partial charge in [-0.15, -0.1) is 5.10 Å². The Hall–Kier alpha value is -3.44. The maximum absolute atomic E-state index is 13.3. The molecule has 0 fully saturated rings. The number of nitrogens with zero attached hydrogens (tertiary/aromatic N) is 7. The van der Waals surface area contributed by atoms with Crippen molar-refractivity contribution in [1.82, 2.24) is 29.6 Å². The van der Waals surface area contributed by atoms with E-state index >= 15 is 0 Å². The molecule has 0 aliphatic heterocycles. The number of anilines is 1. The number of hydrogen-bond donors (Lipinski definition) is 1. The standard InChI is InChI=1S/C22H13Cl3N8OS/c23-13-10-16(24)19(17(25)11-13)28-26-12-15-20(27-18-8-4-5-9-32(18)21(15)34)35-22-29-30-31-33(22)14-6-2-1-3-7-14/h1-12,28H. The molecule has 3 aromatic heterocycles. The average Bonchev–Trinajstić information content (AvgIpc) is 3.31. The fourth-order valence-electron chi connectivity index (χ4n) is 3.14. The lowest BCUT2D eigenvalue weighted by Gasteiger charge is -2.09. The lowest BCUT2D eigenvalue weighted by Crippen LogP contribution is -2.21. The molecule has 0 atom stereocenters. The van der Waals surface area contributed by atoms with Gasteiger partial charge in [-0.05, 0) is 58.6 Å². The summed E-state index contributed by atoms with van der Waals surface area (Å²) in [6.45, 7) is 0. The van der Waals surface area contributed by atoms with Gasteiger partial charge in [-0.3, -0.25) is 14.6 Å². The zero-order valence-electron chi connectivity index (χ0n) is 17.5. The Morgan fingerprint density at radius 3 is 2.51 bits per heavy atom. The molecule has 2 aromatic carbocycles. The van der Waals surface area contributed by atoms with Crippen molar-refractivity contribution in [3.8, 4) is 5.69 Å². The van der Waals surface area contributed by atoms with Gasteiger partial charge in [0, 0.05) is 11.2 Å². The van der Waals surface area contributed by atoms with Crippen LogP contribution in [0.3, 0.4) is 0 Å². The van der Waals surface area contributed by atoms with Crippen LogP contribution in [0.1, 0.15) is 5.56 Å². The van der Waals surface area contributed by atoms with Gasteiger partial charge in [0.15, 0.2) is 0 Å². The van der Waals surface area contributed by atoms with Crippen molar-refractivity contribution in [3.63, 3.8) is 0 Å². The van der Waals surface area contributed by atoms with E-state index < -0.39 is 0 Å². The molecule has 0 saturated carbocycles. The molecule has 0 aliphatic rings. The highest BCUT2D eigenvalue weighted by molar-refractivity contribution is 7.99. The van der Waals surface area contributed by atoms with E-state index in [-0.39, 0.29) is 21.2 Å². The molecule has 5 rings (SSSR count). The average molecular weight is 544 g/mol. The second-order valence-electron chi connectivity index (χ2n) is 6.99. The van der Waals surface area contributed by atoms with Crippen LogP contribution in [0.2, 0.25) is 15.1 Å². The maximum Gasteiger partial charge on any atom is 0.267 e. The van der Waals surface area contributed by atoms with Crippen molar-refractivity contribution in [2.45, 2.75) is 10.2 Å². The molecule has 13 heteroatoms. The first-order chi connectivity index (χ1) is 17.0. The molecule has 0 spiro atoms. The zero-order chi connectivity index (χ0) is 24.4. The van der Waals surface area contributed by atoms with Gasteiger partial charge in [0.2, 0.25) is 5.16 Å². The molecule has 0 radical (unpaired) electrons. The van der Waals surface area contributed by atoms with Gasteiger partial charge < -0.3 is 0 Å². The van der Waals surface area contributed by atoms with Crippen LogP contribution in [0.5, 0.6) is 0 Å².